The standard InChI is InChI=1S/C22H19ClF2N4O/c23-18-13-17(4-5-19(18)25)27-22(30)14-7-10-29(11-8-14)20-6-9-26-21(28-20)15-2-1-3-16(24)12-15/h1-6,9,12-14H,7-8,10-11H2,(H,27,30). The van der Waals surface area contributed by atoms with E-state index in [4.69, 9.17) is 11.6 Å². The van der Waals surface area contributed by atoms with Crippen LogP contribution in [0.1, 0.15) is 12.8 Å². The van der Waals surface area contributed by atoms with E-state index in [0.29, 0.717) is 43.0 Å². The molecule has 5 nitrogen and oxygen atoms in total. The van der Waals surface area contributed by atoms with Gasteiger partial charge in [-0.1, -0.05) is 23.7 Å². The summed E-state index contributed by atoms with van der Waals surface area (Å²) >= 11 is 5.77. The second-order valence-corrected chi connectivity index (χ2v) is 7.54. The fourth-order valence-corrected chi connectivity index (χ4v) is 3.66. The molecule has 30 heavy (non-hydrogen) atoms. The van der Waals surface area contributed by atoms with Gasteiger partial charge in [0, 0.05) is 36.5 Å². The van der Waals surface area contributed by atoms with E-state index >= 15 is 0 Å². The molecule has 1 saturated heterocycles. The highest BCUT2D eigenvalue weighted by Gasteiger charge is 2.26. The third-order valence-electron chi connectivity index (χ3n) is 5.10. The number of benzene rings is 2. The van der Waals surface area contributed by atoms with Gasteiger partial charge >= 0.3 is 0 Å². The Morgan fingerprint density at radius 2 is 1.90 bits per heavy atom. The molecule has 2 heterocycles. The van der Waals surface area contributed by atoms with Gasteiger partial charge in [0.1, 0.15) is 17.5 Å². The van der Waals surface area contributed by atoms with Crippen LogP contribution in [0.5, 0.6) is 0 Å². The molecule has 0 saturated carbocycles. The molecule has 0 unspecified atom stereocenters. The number of hydrogen-bond acceptors (Lipinski definition) is 4. The predicted octanol–water partition coefficient (Wildman–Crippen LogP) is 4.93. The molecule has 0 spiro atoms. The summed E-state index contributed by atoms with van der Waals surface area (Å²) in [6.07, 6.45) is 2.96. The van der Waals surface area contributed by atoms with Crippen LogP contribution in [0.3, 0.4) is 0 Å². The Kier molecular flexibility index (Phi) is 5.90. The first-order valence-electron chi connectivity index (χ1n) is 9.59. The van der Waals surface area contributed by atoms with Gasteiger partial charge in [-0.05, 0) is 49.2 Å². The fourth-order valence-electron chi connectivity index (χ4n) is 3.48. The molecule has 154 valence electrons. The predicted molar refractivity (Wildman–Crippen MR) is 112 cm³/mol. The molecule has 8 heteroatoms. The van der Waals surface area contributed by atoms with Crippen molar-refractivity contribution in [2.45, 2.75) is 12.8 Å². The molecule has 4 rings (SSSR count). The number of aromatic nitrogens is 2. The summed E-state index contributed by atoms with van der Waals surface area (Å²) in [7, 11) is 0. The Labute approximate surface area is 177 Å². The van der Waals surface area contributed by atoms with E-state index in [1.165, 1.54) is 30.3 Å². The number of rotatable bonds is 4. The average Bonchev–Trinajstić information content (AvgIpc) is 2.76. The van der Waals surface area contributed by atoms with Gasteiger partial charge in [0.15, 0.2) is 5.82 Å². The number of halogens is 3. The molecule has 3 aromatic rings. The van der Waals surface area contributed by atoms with E-state index < -0.39 is 5.82 Å². The maximum atomic E-state index is 13.5. The van der Waals surface area contributed by atoms with Crippen molar-refractivity contribution in [1.82, 2.24) is 9.97 Å². The molecule has 1 fully saturated rings. The quantitative estimate of drug-likeness (QED) is 0.640. The Morgan fingerprint density at radius 1 is 1.10 bits per heavy atom. The molecule has 0 aliphatic carbocycles. The molecule has 2 aromatic carbocycles. The number of piperidine rings is 1. The van der Waals surface area contributed by atoms with Crippen molar-refractivity contribution >= 4 is 29.0 Å². The zero-order valence-corrected chi connectivity index (χ0v) is 16.7. The van der Waals surface area contributed by atoms with E-state index in [1.807, 2.05) is 6.07 Å². The molecule has 0 radical (unpaired) electrons. The van der Waals surface area contributed by atoms with Gasteiger partial charge in [-0.15, -0.1) is 0 Å². The highest BCUT2D eigenvalue weighted by atomic mass is 35.5. The zero-order valence-electron chi connectivity index (χ0n) is 16.0. The van der Waals surface area contributed by atoms with Crippen LogP contribution in [0.25, 0.3) is 11.4 Å². The van der Waals surface area contributed by atoms with Gasteiger partial charge in [0.05, 0.1) is 5.02 Å². The Bertz CT molecular complexity index is 1070. The monoisotopic (exact) mass is 428 g/mol. The van der Waals surface area contributed by atoms with Crippen molar-refractivity contribution in [2.24, 2.45) is 5.92 Å². The Hall–Kier alpha value is -3.06. The number of hydrogen-bond donors (Lipinski definition) is 1. The number of amides is 1. The number of anilines is 2. The minimum Gasteiger partial charge on any atom is -0.356 e. The smallest absolute Gasteiger partial charge is 0.227 e. The molecule has 1 aliphatic rings. The van der Waals surface area contributed by atoms with Crippen LogP contribution in [-0.4, -0.2) is 29.0 Å². The summed E-state index contributed by atoms with van der Waals surface area (Å²) in [5.41, 5.74) is 1.09. The lowest BCUT2D eigenvalue weighted by atomic mass is 9.96. The SMILES string of the molecule is O=C(Nc1ccc(F)c(Cl)c1)C1CCN(c2ccnc(-c3cccc(F)c3)n2)CC1. The Morgan fingerprint density at radius 3 is 2.63 bits per heavy atom. The van der Waals surface area contributed by atoms with Crippen molar-refractivity contribution in [2.75, 3.05) is 23.3 Å². The molecule has 1 aromatic heterocycles. The highest BCUT2D eigenvalue weighted by molar-refractivity contribution is 6.31. The van der Waals surface area contributed by atoms with Crippen LogP contribution < -0.4 is 10.2 Å². The first kappa shape index (κ1) is 20.2. The van der Waals surface area contributed by atoms with Gasteiger partial charge in [0.2, 0.25) is 5.91 Å². The Balaban J connectivity index is 1.39. The molecule has 0 atom stereocenters. The minimum atomic E-state index is -0.523. The normalized spacial score (nSPS) is 14.6. The van der Waals surface area contributed by atoms with Gasteiger partial charge in [-0.25, -0.2) is 18.7 Å². The third-order valence-corrected chi connectivity index (χ3v) is 5.39. The van der Waals surface area contributed by atoms with Crippen LogP contribution in [-0.2, 0) is 4.79 Å². The van der Waals surface area contributed by atoms with Crippen LogP contribution in [0.2, 0.25) is 5.02 Å². The highest BCUT2D eigenvalue weighted by Crippen LogP contribution is 2.26. The van der Waals surface area contributed by atoms with Gasteiger partial charge in [-0.3, -0.25) is 4.79 Å². The lowest BCUT2D eigenvalue weighted by Crippen LogP contribution is -2.38. The van der Waals surface area contributed by atoms with Crippen molar-refractivity contribution in [3.8, 4) is 11.4 Å². The molecule has 1 N–H and O–H groups in total. The first-order valence-corrected chi connectivity index (χ1v) is 9.97. The summed E-state index contributed by atoms with van der Waals surface area (Å²) in [4.78, 5) is 23.4. The van der Waals surface area contributed by atoms with Crippen molar-refractivity contribution in [3.05, 3.63) is 71.4 Å². The van der Waals surface area contributed by atoms with Crippen LogP contribution in [0, 0.1) is 17.6 Å². The summed E-state index contributed by atoms with van der Waals surface area (Å²) < 4.78 is 26.8. The average molecular weight is 429 g/mol. The molecular formula is C22H19ClF2N4O. The third kappa shape index (κ3) is 4.57. The van der Waals surface area contributed by atoms with E-state index in [-0.39, 0.29) is 22.7 Å². The lowest BCUT2D eigenvalue weighted by Gasteiger charge is -2.32. The van der Waals surface area contributed by atoms with Gasteiger partial charge in [-0.2, -0.15) is 0 Å². The summed E-state index contributed by atoms with van der Waals surface area (Å²) in [5, 5.41) is 2.77. The van der Waals surface area contributed by atoms with E-state index in [9.17, 15) is 13.6 Å². The number of carbonyl (C=O) groups excluding carboxylic acids is 1. The molecule has 0 bridgehead atoms. The molecule has 1 amide bonds. The minimum absolute atomic E-state index is 0.0273. The summed E-state index contributed by atoms with van der Waals surface area (Å²) in [6.45, 7) is 1.31. The van der Waals surface area contributed by atoms with Crippen molar-refractivity contribution in [3.63, 3.8) is 0 Å². The summed E-state index contributed by atoms with van der Waals surface area (Å²) in [5.74, 6) is 0.0739. The molecular weight excluding hydrogens is 410 g/mol. The second-order valence-electron chi connectivity index (χ2n) is 7.13. The topological polar surface area (TPSA) is 58.1 Å². The molecule has 1 aliphatic heterocycles. The maximum Gasteiger partial charge on any atom is 0.227 e. The largest absolute Gasteiger partial charge is 0.356 e. The maximum absolute atomic E-state index is 13.5. The van der Waals surface area contributed by atoms with E-state index in [1.54, 1.807) is 18.3 Å². The van der Waals surface area contributed by atoms with Crippen molar-refractivity contribution < 1.29 is 13.6 Å². The van der Waals surface area contributed by atoms with Gasteiger partial charge < -0.3 is 10.2 Å². The number of carbonyl (C=O) groups is 1. The van der Waals surface area contributed by atoms with Crippen molar-refractivity contribution in [1.29, 1.82) is 0 Å². The van der Waals surface area contributed by atoms with Crippen LogP contribution in [0.4, 0.5) is 20.3 Å². The van der Waals surface area contributed by atoms with Gasteiger partial charge in [0.25, 0.3) is 0 Å². The number of nitrogens with zero attached hydrogens (tertiary/aromatic N) is 3. The first-order chi connectivity index (χ1) is 14.5. The van der Waals surface area contributed by atoms with Crippen LogP contribution in [0.15, 0.2) is 54.7 Å². The fraction of sp³-hybridized carbons (Fsp3) is 0.227. The number of nitrogens with one attached hydrogen (secondary N) is 1. The zero-order chi connectivity index (χ0) is 21.1. The van der Waals surface area contributed by atoms with E-state index in [2.05, 4.69) is 20.2 Å². The van der Waals surface area contributed by atoms with Crippen LogP contribution >= 0.6 is 11.6 Å². The van der Waals surface area contributed by atoms with E-state index in [0.717, 1.165) is 5.82 Å². The lowest BCUT2D eigenvalue weighted by molar-refractivity contribution is -0.120. The summed E-state index contributed by atoms with van der Waals surface area (Å²) in [6, 6.07) is 12.1. The second kappa shape index (κ2) is 8.75.